The molecule has 0 spiro atoms. The maximum atomic E-state index is 12.1. The second kappa shape index (κ2) is 8.86. The molecule has 3 rings (SSSR count). The summed E-state index contributed by atoms with van der Waals surface area (Å²) in [7, 11) is 0. The molecule has 0 aromatic heterocycles. The molecule has 0 saturated carbocycles. The Morgan fingerprint density at radius 1 is 1.12 bits per heavy atom. The van der Waals surface area contributed by atoms with Crippen LogP contribution in [0.3, 0.4) is 0 Å². The Morgan fingerprint density at radius 3 is 2.42 bits per heavy atom. The van der Waals surface area contributed by atoms with Crippen LogP contribution in [-0.2, 0) is 4.79 Å². The largest absolute Gasteiger partial charge is 0.350 e. The lowest BCUT2D eigenvalue weighted by atomic mass is 10.0. The molecule has 1 heterocycles. The predicted molar refractivity (Wildman–Crippen MR) is 101 cm³/mol. The monoisotopic (exact) mass is 344 g/mol. The molecule has 4 heteroatoms. The molecule has 0 aliphatic carbocycles. The quantitative estimate of drug-likeness (QED) is 0.857. The minimum atomic E-state index is 0. The van der Waals surface area contributed by atoms with Gasteiger partial charge in [0, 0.05) is 12.5 Å². The van der Waals surface area contributed by atoms with E-state index in [1.807, 2.05) is 25.1 Å². The molecule has 1 aliphatic rings. The molecule has 0 bridgehead atoms. The fourth-order valence-electron chi connectivity index (χ4n) is 3.13. The number of hydrogen-bond donors (Lipinski definition) is 2. The van der Waals surface area contributed by atoms with Crippen molar-refractivity contribution in [1.29, 1.82) is 0 Å². The second-order valence-corrected chi connectivity index (χ2v) is 6.27. The van der Waals surface area contributed by atoms with Crippen LogP contribution in [0.4, 0.5) is 0 Å². The molecule has 2 aromatic carbocycles. The van der Waals surface area contributed by atoms with Crippen molar-refractivity contribution in [2.45, 2.75) is 38.3 Å². The third-order valence-corrected chi connectivity index (χ3v) is 4.49. The molecule has 0 radical (unpaired) electrons. The van der Waals surface area contributed by atoms with Gasteiger partial charge in [-0.1, -0.05) is 54.6 Å². The van der Waals surface area contributed by atoms with Gasteiger partial charge in [-0.2, -0.15) is 0 Å². The van der Waals surface area contributed by atoms with Gasteiger partial charge in [0.05, 0.1) is 6.04 Å². The van der Waals surface area contributed by atoms with Crippen LogP contribution in [-0.4, -0.2) is 18.5 Å². The zero-order chi connectivity index (χ0) is 16.1. The third-order valence-electron chi connectivity index (χ3n) is 4.49. The van der Waals surface area contributed by atoms with Gasteiger partial charge < -0.3 is 10.6 Å². The summed E-state index contributed by atoms with van der Waals surface area (Å²) in [5.41, 5.74) is 3.54. The van der Waals surface area contributed by atoms with E-state index in [-0.39, 0.29) is 24.4 Å². The lowest BCUT2D eigenvalue weighted by Gasteiger charge is -2.17. The summed E-state index contributed by atoms with van der Waals surface area (Å²) in [5, 5.41) is 6.47. The van der Waals surface area contributed by atoms with Crippen LogP contribution in [0.25, 0.3) is 11.1 Å². The van der Waals surface area contributed by atoms with E-state index in [1.165, 1.54) is 17.5 Å². The Kier molecular flexibility index (Phi) is 6.83. The number of amides is 1. The van der Waals surface area contributed by atoms with Crippen molar-refractivity contribution < 1.29 is 4.79 Å². The number of carbonyl (C=O) groups is 1. The smallest absolute Gasteiger partial charge is 0.222 e. The number of hydrogen-bond acceptors (Lipinski definition) is 2. The van der Waals surface area contributed by atoms with Crippen molar-refractivity contribution >= 4 is 18.3 Å². The van der Waals surface area contributed by atoms with Crippen LogP contribution in [0.2, 0.25) is 0 Å². The minimum Gasteiger partial charge on any atom is -0.350 e. The van der Waals surface area contributed by atoms with Crippen molar-refractivity contribution in [2.75, 3.05) is 6.54 Å². The molecular weight excluding hydrogens is 320 g/mol. The van der Waals surface area contributed by atoms with Gasteiger partial charge in [-0.3, -0.25) is 4.79 Å². The van der Waals surface area contributed by atoms with E-state index >= 15 is 0 Å². The Labute approximate surface area is 150 Å². The first-order chi connectivity index (χ1) is 11.2. The summed E-state index contributed by atoms with van der Waals surface area (Å²) in [6, 6.07) is 19.1. The summed E-state index contributed by atoms with van der Waals surface area (Å²) < 4.78 is 0. The summed E-state index contributed by atoms with van der Waals surface area (Å²) in [6.07, 6.45) is 2.86. The molecule has 3 nitrogen and oxygen atoms in total. The Morgan fingerprint density at radius 2 is 1.79 bits per heavy atom. The van der Waals surface area contributed by atoms with Crippen LogP contribution in [0.5, 0.6) is 0 Å². The van der Waals surface area contributed by atoms with Gasteiger partial charge >= 0.3 is 0 Å². The third kappa shape index (κ3) is 4.83. The average Bonchev–Trinajstić information content (AvgIpc) is 3.08. The molecule has 1 aliphatic heterocycles. The summed E-state index contributed by atoms with van der Waals surface area (Å²) >= 11 is 0. The first-order valence-corrected chi connectivity index (χ1v) is 8.40. The first kappa shape index (κ1) is 18.5. The number of benzene rings is 2. The second-order valence-electron chi connectivity index (χ2n) is 6.27. The minimum absolute atomic E-state index is 0. The number of halogens is 1. The van der Waals surface area contributed by atoms with E-state index in [1.54, 1.807) is 0 Å². The molecule has 128 valence electrons. The van der Waals surface area contributed by atoms with Gasteiger partial charge in [-0.05, 0) is 43.0 Å². The van der Waals surface area contributed by atoms with Gasteiger partial charge in [-0.15, -0.1) is 12.4 Å². The fourth-order valence-corrected chi connectivity index (χ4v) is 3.13. The lowest BCUT2D eigenvalue weighted by molar-refractivity contribution is -0.122. The Balaban J connectivity index is 0.00000208. The van der Waals surface area contributed by atoms with Crippen LogP contribution in [0.15, 0.2) is 54.6 Å². The number of nitrogens with one attached hydrogen (secondary N) is 2. The first-order valence-electron chi connectivity index (χ1n) is 8.40. The summed E-state index contributed by atoms with van der Waals surface area (Å²) in [4.78, 5) is 12.1. The van der Waals surface area contributed by atoms with E-state index in [0.717, 1.165) is 18.5 Å². The van der Waals surface area contributed by atoms with Crippen LogP contribution < -0.4 is 10.6 Å². The van der Waals surface area contributed by atoms with Crippen LogP contribution in [0, 0.1) is 0 Å². The van der Waals surface area contributed by atoms with Crippen LogP contribution >= 0.6 is 12.4 Å². The van der Waals surface area contributed by atoms with Crippen molar-refractivity contribution in [3.63, 3.8) is 0 Å². The molecule has 1 fully saturated rings. The van der Waals surface area contributed by atoms with Gasteiger partial charge in [0.2, 0.25) is 5.91 Å². The van der Waals surface area contributed by atoms with E-state index < -0.39 is 0 Å². The van der Waals surface area contributed by atoms with E-state index in [9.17, 15) is 4.79 Å². The lowest BCUT2D eigenvalue weighted by Crippen LogP contribution is -2.33. The maximum Gasteiger partial charge on any atom is 0.222 e. The van der Waals surface area contributed by atoms with Gasteiger partial charge in [0.25, 0.3) is 0 Å². The average molecular weight is 345 g/mol. The highest BCUT2D eigenvalue weighted by Crippen LogP contribution is 2.22. The van der Waals surface area contributed by atoms with Crippen molar-refractivity contribution in [3.05, 3.63) is 60.2 Å². The standard InChI is InChI=1S/C20H24N2O.ClH/c1-15(22-20(23)14-19-8-5-13-21-19)16-9-11-18(12-10-16)17-6-3-2-4-7-17;/h2-4,6-7,9-12,15,19,21H,5,8,13-14H2,1H3,(H,22,23);1H. The molecule has 1 saturated heterocycles. The molecule has 2 unspecified atom stereocenters. The highest BCUT2D eigenvalue weighted by Gasteiger charge is 2.18. The zero-order valence-corrected chi connectivity index (χ0v) is 14.8. The highest BCUT2D eigenvalue weighted by atomic mass is 35.5. The van der Waals surface area contributed by atoms with E-state index in [0.29, 0.717) is 12.5 Å². The Bertz CT molecular complexity index is 636. The molecule has 24 heavy (non-hydrogen) atoms. The van der Waals surface area contributed by atoms with Crippen molar-refractivity contribution in [3.8, 4) is 11.1 Å². The van der Waals surface area contributed by atoms with Crippen molar-refractivity contribution in [2.24, 2.45) is 0 Å². The van der Waals surface area contributed by atoms with Crippen molar-refractivity contribution in [1.82, 2.24) is 10.6 Å². The molecule has 2 aromatic rings. The maximum absolute atomic E-state index is 12.1. The molecular formula is C20H25ClN2O. The zero-order valence-electron chi connectivity index (χ0n) is 14.0. The number of carbonyl (C=O) groups excluding carboxylic acids is 1. The Hall–Kier alpha value is -1.84. The SMILES string of the molecule is CC(NC(=O)CC1CCCN1)c1ccc(-c2ccccc2)cc1.Cl. The topological polar surface area (TPSA) is 41.1 Å². The number of rotatable bonds is 5. The molecule has 2 N–H and O–H groups in total. The van der Waals surface area contributed by atoms with Crippen LogP contribution in [0.1, 0.15) is 37.8 Å². The van der Waals surface area contributed by atoms with E-state index in [2.05, 4.69) is 47.0 Å². The molecule has 1 amide bonds. The van der Waals surface area contributed by atoms with E-state index in [4.69, 9.17) is 0 Å². The van der Waals surface area contributed by atoms with Gasteiger partial charge in [0.15, 0.2) is 0 Å². The molecule has 2 atom stereocenters. The predicted octanol–water partition coefficient (Wildman–Crippen LogP) is 4.09. The van der Waals surface area contributed by atoms with Gasteiger partial charge in [-0.25, -0.2) is 0 Å². The fraction of sp³-hybridized carbons (Fsp3) is 0.350. The summed E-state index contributed by atoms with van der Waals surface area (Å²) in [5.74, 6) is 0.129. The normalized spacial score (nSPS) is 17.8. The van der Waals surface area contributed by atoms with Gasteiger partial charge in [0.1, 0.15) is 0 Å². The summed E-state index contributed by atoms with van der Waals surface area (Å²) in [6.45, 7) is 3.08. The highest BCUT2D eigenvalue weighted by molar-refractivity contribution is 5.85.